The maximum Gasteiger partial charge on any atom is 0.261 e. The number of anilines is 1. The van der Waals surface area contributed by atoms with Gasteiger partial charge < -0.3 is 5.73 Å². The zero-order valence-corrected chi connectivity index (χ0v) is 11.2. The number of imide groups is 1. The van der Waals surface area contributed by atoms with E-state index in [2.05, 4.69) is 0 Å². The Kier molecular flexibility index (Phi) is 3.17. The molecule has 0 atom stereocenters. The molecule has 0 aromatic heterocycles. The Morgan fingerprint density at radius 1 is 1.14 bits per heavy atom. The average Bonchev–Trinajstić information content (AvgIpc) is 2.42. The van der Waals surface area contributed by atoms with Crippen molar-refractivity contribution >= 4 is 17.5 Å². The van der Waals surface area contributed by atoms with Crippen molar-refractivity contribution in [2.45, 2.75) is 13.0 Å². The van der Waals surface area contributed by atoms with Gasteiger partial charge in [-0.3, -0.25) is 14.5 Å². The van der Waals surface area contributed by atoms with Crippen LogP contribution >= 0.6 is 0 Å². The van der Waals surface area contributed by atoms with Crippen LogP contribution in [0.25, 0.3) is 0 Å². The van der Waals surface area contributed by atoms with Gasteiger partial charge in [0.05, 0.1) is 13.0 Å². The van der Waals surface area contributed by atoms with E-state index in [4.69, 9.17) is 5.73 Å². The van der Waals surface area contributed by atoms with E-state index in [1.54, 1.807) is 30.3 Å². The van der Waals surface area contributed by atoms with E-state index in [9.17, 15) is 14.0 Å². The Morgan fingerprint density at radius 2 is 1.90 bits per heavy atom. The fourth-order valence-electron chi connectivity index (χ4n) is 2.51. The van der Waals surface area contributed by atoms with Gasteiger partial charge in [0.2, 0.25) is 5.91 Å². The number of benzene rings is 2. The number of hydrogen-bond donors (Lipinski definition) is 1. The molecule has 1 aliphatic heterocycles. The molecule has 1 heterocycles. The van der Waals surface area contributed by atoms with Gasteiger partial charge in [-0.2, -0.15) is 0 Å². The highest BCUT2D eigenvalue weighted by molar-refractivity contribution is 6.09. The molecule has 4 nitrogen and oxygen atoms in total. The maximum atomic E-state index is 13.3. The fraction of sp³-hybridized carbons (Fsp3) is 0.125. The van der Waals surface area contributed by atoms with E-state index >= 15 is 0 Å². The number of carbonyl (C=O) groups excluding carboxylic acids is 2. The molecule has 106 valence electrons. The minimum absolute atomic E-state index is 0.0218. The second-order valence-electron chi connectivity index (χ2n) is 5.01. The minimum atomic E-state index is -0.484. The zero-order chi connectivity index (χ0) is 15.0. The third kappa shape index (κ3) is 2.50. The van der Waals surface area contributed by atoms with Crippen molar-refractivity contribution < 1.29 is 14.0 Å². The molecule has 0 bridgehead atoms. The molecule has 0 radical (unpaired) electrons. The monoisotopic (exact) mass is 284 g/mol. The van der Waals surface area contributed by atoms with Crippen LogP contribution in [0.15, 0.2) is 42.5 Å². The van der Waals surface area contributed by atoms with Gasteiger partial charge in [-0.15, -0.1) is 0 Å². The van der Waals surface area contributed by atoms with E-state index in [1.807, 2.05) is 0 Å². The number of rotatable bonds is 2. The first kappa shape index (κ1) is 13.3. The summed E-state index contributed by atoms with van der Waals surface area (Å²) in [5.74, 6) is -1.13. The van der Waals surface area contributed by atoms with Crippen molar-refractivity contribution in [2.24, 2.45) is 0 Å². The van der Waals surface area contributed by atoms with Crippen molar-refractivity contribution in [3.63, 3.8) is 0 Å². The number of nitrogens with zero attached hydrogens (tertiary/aromatic N) is 1. The molecule has 21 heavy (non-hydrogen) atoms. The van der Waals surface area contributed by atoms with Crippen LogP contribution in [0.3, 0.4) is 0 Å². The first-order chi connectivity index (χ1) is 10.0. The summed E-state index contributed by atoms with van der Waals surface area (Å²) in [5.41, 5.74) is 7.58. The normalized spacial score (nSPS) is 14.2. The molecule has 2 aromatic rings. The SMILES string of the molecule is Nc1cc(F)cc(CN2C(=O)Cc3ccccc3C2=O)c1. The summed E-state index contributed by atoms with van der Waals surface area (Å²) in [6.45, 7) is 0.0218. The summed E-state index contributed by atoms with van der Waals surface area (Å²) in [4.78, 5) is 25.6. The Hall–Kier alpha value is -2.69. The van der Waals surface area contributed by atoms with Crippen molar-refractivity contribution in [3.8, 4) is 0 Å². The smallest absolute Gasteiger partial charge is 0.261 e. The quantitative estimate of drug-likeness (QED) is 0.678. The lowest BCUT2D eigenvalue weighted by molar-refractivity contribution is -0.128. The lowest BCUT2D eigenvalue weighted by atomic mass is 9.98. The molecular formula is C16H13FN2O2. The van der Waals surface area contributed by atoms with E-state index in [0.717, 1.165) is 10.5 Å². The van der Waals surface area contributed by atoms with Crippen molar-refractivity contribution in [1.29, 1.82) is 0 Å². The van der Waals surface area contributed by atoms with Gasteiger partial charge in [0, 0.05) is 11.3 Å². The van der Waals surface area contributed by atoms with E-state index in [1.165, 1.54) is 12.1 Å². The number of halogens is 1. The van der Waals surface area contributed by atoms with Crippen LogP contribution in [0.1, 0.15) is 21.5 Å². The van der Waals surface area contributed by atoms with Gasteiger partial charge in [0.1, 0.15) is 5.82 Å². The number of hydrogen-bond acceptors (Lipinski definition) is 3. The molecule has 0 saturated heterocycles. The summed E-state index contributed by atoms with van der Waals surface area (Å²) < 4.78 is 13.3. The third-order valence-electron chi connectivity index (χ3n) is 3.46. The third-order valence-corrected chi connectivity index (χ3v) is 3.46. The maximum absolute atomic E-state index is 13.3. The van der Waals surface area contributed by atoms with E-state index < -0.39 is 5.82 Å². The minimum Gasteiger partial charge on any atom is -0.399 e. The number of carbonyl (C=O) groups is 2. The Bertz CT molecular complexity index is 723. The van der Waals surface area contributed by atoms with Gasteiger partial charge in [0.15, 0.2) is 0 Å². The van der Waals surface area contributed by atoms with Crippen LogP contribution in [0.2, 0.25) is 0 Å². The summed E-state index contributed by atoms with van der Waals surface area (Å²) in [6, 6.07) is 11.0. The first-order valence-corrected chi connectivity index (χ1v) is 6.52. The summed E-state index contributed by atoms with van der Waals surface area (Å²) in [7, 11) is 0. The van der Waals surface area contributed by atoms with Crippen LogP contribution in [-0.4, -0.2) is 16.7 Å². The summed E-state index contributed by atoms with van der Waals surface area (Å²) in [5, 5.41) is 0. The van der Waals surface area contributed by atoms with Gasteiger partial charge in [-0.25, -0.2) is 4.39 Å². The topological polar surface area (TPSA) is 63.4 Å². The highest BCUT2D eigenvalue weighted by Gasteiger charge is 2.30. The Morgan fingerprint density at radius 3 is 2.67 bits per heavy atom. The number of amides is 2. The Labute approximate surface area is 121 Å². The fourth-order valence-corrected chi connectivity index (χ4v) is 2.51. The molecule has 0 spiro atoms. The predicted molar refractivity (Wildman–Crippen MR) is 75.8 cm³/mol. The lowest BCUT2D eigenvalue weighted by Crippen LogP contribution is -2.41. The van der Waals surface area contributed by atoms with E-state index in [-0.39, 0.29) is 30.5 Å². The van der Waals surface area contributed by atoms with Crippen molar-refractivity contribution in [3.05, 3.63) is 65.0 Å². The Balaban J connectivity index is 1.92. The molecule has 2 N–H and O–H groups in total. The van der Waals surface area contributed by atoms with Crippen molar-refractivity contribution in [1.82, 2.24) is 4.90 Å². The summed E-state index contributed by atoms with van der Waals surface area (Å²) in [6.07, 6.45) is 0.173. The molecule has 0 saturated carbocycles. The predicted octanol–water partition coefficient (Wildman–Crippen LogP) is 2.13. The van der Waals surface area contributed by atoms with Gasteiger partial charge in [0.25, 0.3) is 5.91 Å². The number of nitrogen functional groups attached to an aromatic ring is 1. The van der Waals surface area contributed by atoms with Gasteiger partial charge in [-0.1, -0.05) is 18.2 Å². The van der Waals surface area contributed by atoms with Crippen LogP contribution < -0.4 is 5.73 Å². The molecular weight excluding hydrogens is 271 g/mol. The second kappa shape index (κ2) is 5.01. The number of fused-ring (bicyclic) bond motifs is 1. The van der Waals surface area contributed by atoms with Crippen LogP contribution in [0.5, 0.6) is 0 Å². The highest BCUT2D eigenvalue weighted by atomic mass is 19.1. The average molecular weight is 284 g/mol. The van der Waals surface area contributed by atoms with Gasteiger partial charge in [-0.05, 0) is 35.4 Å². The summed E-state index contributed by atoms with van der Waals surface area (Å²) >= 11 is 0. The largest absolute Gasteiger partial charge is 0.399 e. The molecule has 0 aliphatic carbocycles. The first-order valence-electron chi connectivity index (χ1n) is 6.52. The standard InChI is InChI=1S/C16H13FN2O2/c17-12-5-10(6-13(18)8-12)9-19-15(20)7-11-3-1-2-4-14(11)16(19)21/h1-6,8H,7,9,18H2. The second-order valence-corrected chi connectivity index (χ2v) is 5.01. The molecule has 0 fully saturated rings. The highest BCUT2D eigenvalue weighted by Crippen LogP contribution is 2.22. The van der Waals surface area contributed by atoms with Crippen LogP contribution in [-0.2, 0) is 17.8 Å². The van der Waals surface area contributed by atoms with Gasteiger partial charge >= 0.3 is 0 Å². The van der Waals surface area contributed by atoms with Crippen LogP contribution in [0, 0.1) is 5.82 Å². The molecule has 3 rings (SSSR count). The zero-order valence-electron chi connectivity index (χ0n) is 11.2. The molecule has 5 heteroatoms. The van der Waals surface area contributed by atoms with Crippen molar-refractivity contribution in [2.75, 3.05) is 5.73 Å². The molecule has 0 unspecified atom stereocenters. The lowest BCUT2D eigenvalue weighted by Gasteiger charge is -2.26. The van der Waals surface area contributed by atoms with Crippen LogP contribution in [0.4, 0.5) is 10.1 Å². The number of nitrogens with two attached hydrogens (primary N) is 1. The molecule has 2 aromatic carbocycles. The molecule has 2 amide bonds. The molecule has 1 aliphatic rings. The van der Waals surface area contributed by atoms with E-state index in [0.29, 0.717) is 11.1 Å².